The minimum Gasteiger partial charge on any atom is -0.325 e. The van der Waals surface area contributed by atoms with Crippen molar-refractivity contribution in [3.8, 4) is 0 Å². The van der Waals surface area contributed by atoms with Crippen molar-refractivity contribution in [2.45, 2.75) is 43.7 Å². The first-order chi connectivity index (χ1) is 17.8. The summed E-state index contributed by atoms with van der Waals surface area (Å²) >= 11 is 3.47. The molecule has 4 aliphatic rings. The Bertz CT molecular complexity index is 1530. The van der Waals surface area contributed by atoms with Crippen LogP contribution in [0.2, 0.25) is 0 Å². The van der Waals surface area contributed by atoms with Crippen LogP contribution in [-0.4, -0.2) is 35.1 Å². The number of hydrogen-bond donors (Lipinski definition) is 2. The Labute approximate surface area is 223 Å². The van der Waals surface area contributed by atoms with Gasteiger partial charge in [0.2, 0.25) is 5.91 Å². The fourth-order valence-corrected chi connectivity index (χ4v) is 8.09. The molecule has 0 radical (unpaired) electrons. The van der Waals surface area contributed by atoms with Crippen LogP contribution in [0.15, 0.2) is 65.1 Å². The van der Waals surface area contributed by atoms with Crippen molar-refractivity contribution in [1.82, 2.24) is 4.90 Å². The predicted molar refractivity (Wildman–Crippen MR) is 145 cm³/mol. The first-order valence-corrected chi connectivity index (χ1v) is 13.5. The molecule has 0 unspecified atom stereocenters. The maximum atomic E-state index is 14.6. The molecule has 2 fully saturated rings. The molecule has 0 bridgehead atoms. The maximum absolute atomic E-state index is 14.6. The number of nitrogens with one attached hydrogen (secondary N) is 2. The molecule has 3 aromatic rings. The number of carbonyl (C=O) groups excluding carboxylic acids is 3. The molecule has 0 saturated carbocycles. The van der Waals surface area contributed by atoms with Crippen molar-refractivity contribution >= 4 is 44.9 Å². The number of hydrogen-bond acceptors (Lipinski definition) is 4. The lowest BCUT2D eigenvalue weighted by Crippen LogP contribution is -2.62. The van der Waals surface area contributed by atoms with Crippen molar-refractivity contribution < 1.29 is 14.4 Å². The van der Waals surface area contributed by atoms with Gasteiger partial charge < -0.3 is 10.6 Å². The zero-order valence-corrected chi connectivity index (χ0v) is 22.2. The summed E-state index contributed by atoms with van der Waals surface area (Å²) in [5, 5.41) is 6.26. The van der Waals surface area contributed by atoms with Crippen LogP contribution in [0.3, 0.4) is 0 Å². The Morgan fingerprint density at radius 3 is 2.51 bits per heavy atom. The van der Waals surface area contributed by atoms with E-state index in [0.29, 0.717) is 17.8 Å². The molecule has 4 heterocycles. The highest BCUT2D eigenvalue weighted by molar-refractivity contribution is 9.10. The maximum Gasteiger partial charge on any atom is 0.251 e. The third-order valence-electron chi connectivity index (χ3n) is 8.96. The lowest BCUT2D eigenvalue weighted by Gasteiger charge is -2.43. The van der Waals surface area contributed by atoms with Gasteiger partial charge in [-0.05, 0) is 62.6 Å². The van der Waals surface area contributed by atoms with Crippen LogP contribution < -0.4 is 10.6 Å². The number of carbonyl (C=O) groups is 3. The summed E-state index contributed by atoms with van der Waals surface area (Å²) in [5.74, 6) is -1.32. The molecule has 4 aliphatic heterocycles. The van der Waals surface area contributed by atoms with Gasteiger partial charge in [-0.25, -0.2) is 0 Å². The number of halogens is 1. The highest BCUT2D eigenvalue weighted by Gasteiger charge is 2.81. The minimum absolute atomic E-state index is 0.0984. The number of rotatable bonds is 2. The molecule has 7 heteroatoms. The summed E-state index contributed by atoms with van der Waals surface area (Å²) in [6.07, 6.45) is 1.61. The van der Waals surface area contributed by atoms with Gasteiger partial charge in [-0.3, -0.25) is 19.3 Å². The number of ketones is 1. The summed E-state index contributed by atoms with van der Waals surface area (Å²) < 4.78 is 0.878. The molecule has 2 spiro atoms. The predicted octanol–water partition coefficient (Wildman–Crippen LogP) is 5.08. The Kier molecular flexibility index (Phi) is 4.71. The monoisotopic (exact) mass is 555 g/mol. The number of amides is 2. The largest absolute Gasteiger partial charge is 0.325 e. The summed E-state index contributed by atoms with van der Waals surface area (Å²) in [7, 11) is 0. The van der Waals surface area contributed by atoms with Gasteiger partial charge >= 0.3 is 0 Å². The summed E-state index contributed by atoms with van der Waals surface area (Å²) in [6.45, 7) is 4.65. The second-order valence-corrected chi connectivity index (χ2v) is 11.6. The van der Waals surface area contributed by atoms with E-state index in [9.17, 15) is 14.4 Å². The van der Waals surface area contributed by atoms with E-state index in [4.69, 9.17) is 0 Å². The zero-order chi connectivity index (χ0) is 25.7. The van der Waals surface area contributed by atoms with Gasteiger partial charge in [0.15, 0.2) is 5.78 Å². The van der Waals surface area contributed by atoms with Crippen LogP contribution in [0, 0.1) is 19.8 Å². The second-order valence-electron chi connectivity index (χ2n) is 10.7. The van der Waals surface area contributed by atoms with Crippen molar-refractivity contribution in [3.63, 3.8) is 0 Å². The molecule has 2 saturated heterocycles. The molecule has 37 heavy (non-hydrogen) atoms. The number of Topliss-reactive ketones (excluding diaryl/α,β-unsaturated/α-hetero) is 1. The molecule has 7 rings (SSSR count). The highest BCUT2D eigenvalue weighted by Crippen LogP contribution is 2.68. The smallest absolute Gasteiger partial charge is 0.251 e. The van der Waals surface area contributed by atoms with Crippen LogP contribution in [-0.2, 0) is 20.5 Å². The lowest BCUT2D eigenvalue weighted by atomic mass is 9.57. The number of para-hydroxylation sites is 1. The number of aryl methyl sites for hydroxylation is 2. The molecule has 2 amide bonds. The van der Waals surface area contributed by atoms with Crippen molar-refractivity contribution in [2.75, 3.05) is 17.2 Å². The Balaban J connectivity index is 1.60. The van der Waals surface area contributed by atoms with Crippen LogP contribution in [0.5, 0.6) is 0 Å². The van der Waals surface area contributed by atoms with Crippen LogP contribution in [0.25, 0.3) is 0 Å². The van der Waals surface area contributed by atoms with Gasteiger partial charge in [0.05, 0.1) is 5.92 Å². The van der Waals surface area contributed by atoms with Crippen molar-refractivity contribution in [3.05, 3.63) is 93.0 Å². The summed E-state index contributed by atoms with van der Waals surface area (Å²) in [6, 6.07) is 18.7. The van der Waals surface area contributed by atoms with Gasteiger partial charge in [0.1, 0.15) is 11.0 Å². The number of benzene rings is 3. The first kappa shape index (κ1) is 22.9. The summed E-state index contributed by atoms with van der Waals surface area (Å²) in [4.78, 5) is 45.7. The normalized spacial score (nSPS) is 29.4. The van der Waals surface area contributed by atoms with E-state index in [1.807, 2.05) is 62.4 Å². The van der Waals surface area contributed by atoms with Gasteiger partial charge in [-0.15, -0.1) is 0 Å². The molecule has 6 nitrogen and oxygen atoms in total. The van der Waals surface area contributed by atoms with Gasteiger partial charge in [-0.2, -0.15) is 0 Å². The minimum atomic E-state index is -1.41. The molecule has 186 valence electrons. The number of anilines is 2. The third kappa shape index (κ3) is 2.61. The topological polar surface area (TPSA) is 78.5 Å². The standard InChI is InChI=1S/C30H26BrN3O3/c1-16-14-17(2)25-21(15-16)30(28(37)33-25)29(20-6-3-4-7-22(20)32-27(29)36)24(23-8-5-13-34(23)30)26(35)18-9-11-19(31)12-10-18/h3-4,6-7,9-12,14-15,23-24H,5,8,13H2,1-2H3,(H,32,36)(H,33,37)/t23-,24-,29+,30+/m0/s1. The van der Waals surface area contributed by atoms with Crippen molar-refractivity contribution in [2.24, 2.45) is 5.92 Å². The Hall–Kier alpha value is -3.29. The Morgan fingerprint density at radius 1 is 0.973 bits per heavy atom. The fourth-order valence-electron chi connectivity index (χ4n) is 7.83. The summed E-state index contributed by atoms with van der Waals surface area (Å²) in [5.41, 5.74) is 2.76. The van der Waals surface area contributed by atoms with Gasteiger partial charge in [0, 0.05) is 33.0 Å². The molecule has 0 aromatic heterocycles. The van der Waals surface area contributed by atoms with Gasteiger partial charge in [0.25, 0.3) is 5.91 Å². The van der Waals surface area contributed by atoms with E-state index >= 15 is 0 Å². The molecule has 3 aromatic carbocycles. The molecular formula is C30H26BrN3O3. The zero-order valence-electron chi connectivity index (χ0n) is 20.6. The quantitative estimate of drug-likeness (QED) is 0.432. The number of fused-ring (bicyclic) bond motifs is 7. The van der Waals surface area contributed by atoms with E-state index in [-0.39, 0.29) is 23.6 Å². The van der Waals surface area contributed by atoms with E-state index in [1.54, 1.807) is 12.1 Å². The van der Waals surface area contributed by atoms with Crippen LogP contribution >= 0.6 is 15.9 Å². The third-order valence-corrected chi connectivity index (χ3v) is 9.49. The fraction of sp³-hybridized carbons (Fsp3) is 0.300. The van der Waals surface area contributed by atoms with E-state index in [0.717, 1.165) is 45.3 Å². The van der Waals surface area contributed by atoms with E-state index in [2.05, 4.69) is 31.5 Å². The van der Waals surface area contributed by atoms with Crippen molar-refractivity contribution in [1.29, 1.82) is 0 Å². The second kappa shape index (κ2) is 7.62. The van der Waals surface area contributed by atoms with Crippen LogP contribution in [0.4, 0.5) is 11.4 Å². The van der Waals surface area contributed by atoms with E-state index in [1.165, 1.54) is 0 Å². The average Bonchev–Trinajstić information content (AvgIpc) is 3.59. The Morgan fingerprint density at radius 2 is 1.73 bits per heavy atom. The lowest BCUT2D eigenvalue weighted by molar-refractivity contribution is -0.137. The van der Waals surface area contributed by atoms with Gasteiger partial charge in [-0.1, -0.05) is 64.0 Å². The molecule has 2 N–H and O–H groups in total. The van der Waals surface area contributed by atoms with E-state index < -0.39 is 16.9 Å². The SMILES string of the molecule is Cc1cc(C)c2c(c1)[C@]1(C(=O)N2)N2CCC[C@H]2[C@@H](C(=O)c2ccc(Br)cc2)[C@]12C(=O)Nc1ccccc12. The molecule has 4 atom stereocenters. The highest BCUT2D eigenvalue weighted by atomic mass is 79.9. The first-order valence-electron chi connectivity index (χ1n) is 12.7. The molecular weight excluding hydrogens is 530 g/mol. The number of nitrogens with zero attached hydrogens (tertiary/aromatic N) is 1. The average molecular weight is 556 g/mol. The molecule has 0 aliphatic carbocycles. The van der Waals surface area contributed by atoms with Crippen LogP contribution in [0.1, 0.15) is 45.5 Å².